The third-order valence-electron chi connectivity index (χ3n) is 4.31. The van der Waals surface area contributed by atoms with Crippen molar-refractivity contribution in [2.45, 2.75) is 26.8 Å². The van der Waals surface area contributed by atoms with Gasteiger partial charge >= 0.3 is 0 Å². The van der Waals surface area contributed by atoms with Crippen molar-refractivity contribution < 1.29 is 9.59 Å². The van der Waals surface area contributed by atoms with Crippen LogP contribution in [0.3, 0.4) is 0 Å². The van der Waals surface area contributed by atoms with E-state index in [1.807, 2.05) is 62.4 Å². The number of hydrogen-bond donors (Lipinski definition) is 3. The summed E-state index contributed by atoms with van der Waals surface area (Å²) in [6.07, 6.45) is 0. The van der Waals surface area contributed by atoms with Crippen LogP contribution in [0.15, 0.2) is 48.5 Å². The van der Waals surface area contributed by atoms with E-state index >= 15 is 0 Å². The van der Waals surface area contributed by atoms with Crippen LogP contribution in [0.5, 0.6) is 0 Å². The first-order valence-corrected chi connectivity index (χ1v) is 8.34. The molecular weight excluding hydrogens is 314 g/mol. The number of amides is 2. The van der Waals surface area contributed by atoms with Crippen molar-refractivity contribution in [3.8, 4) is 0 Å². The van der Waals surface area contributed by atoms with E-state index in [1.54, 1.807) is 6.92 Å². The highest BCUT2D eigenvalue weighted by atomic mass is 16.2. The van der Waals surface area contributed by atoms with Gasteiger partial charge in [0, 0.05) is 11.7 Å². The Labute approximate surface area is 148 Å². The smallest absolute Gasteiger partial charge is 0.243 e. The zero-order valence-electron chi connectivity index (χ0n) is 14.9. The number of benzene rings is 2. The van der Waals surface area contributed by atoms with Crippen LogP contribution in [0.4, 0.5) is 5.69 Å². The van der Waals surface area contributed by atoms with E-state index < -0.39 is 12.0 Å². The third-order valence-corrected chi connectivity index (χ3v) is 4.31. The molecule has 25 heavy (non-hydrogen) atoms. The van der Waals surface area contributed by atoms with Gasteiger partial charge < -0.3 is 16.4 Å². The molecule has 2 aromatic rings. The van der Waals surface area contributed by atoms with Crippen LogP contribution in [0.1, 0.15) is 29.7 Å². The summed E-state index contributed by atoms with van der Waals surface area (Å²) in [7, 11) is 0. The largest absolute Gasteiger partial charge is 0.347 e. The Hall–Kier alpha value is -2.66. The lowest BCUT2D eigenvalue weighted by molar-refractivity contribution is -0.127. The maximum absolute atomic E-state index is 12.3. The van der Waals surface area contributed by atoms with Crippen LogP contribution in [-0.2, 0) is 9.59 Å². The average Bonchev–Trinajstić information content (AvgIpc) is 2.62. The second kappa shape index (κ2) is 8.44. The van der Waals surface area contributed by atoms with Gasteiger partial charge in [0.15, 0.2) is 0 Å². The van der Waals surface area contributed by atoms with E-state index in [9.17, 15) is 9.59 Å². The van der Waals surface area contributed by atoms with Crippen LogP contribution < -0.4 is 16.4 Å². The van der Waals surface area contributed by atoms with Gasteiger partial charge in [0.05, 0.1) is 12.5 Å². The molecule has 0 heterocycles. The van der Waals surface area contributed by atoms with Crippen molar-refractivity contribution in [1.29, 1.82) is 0 Å². The third kappa shape index (κ3) is 4.90. The highest BCUT2D eigenvalue weighted by Crippen LogP contribution is 2.20. The van der Waals surface area contributed by atoms with E-state index in [0.717, 1.165) is 22.4 Å². The Balaban J connectivity index is 1.90. The zero-order valence-corrected chi connectivity index (χ0v) is 14.9. The van der Waals surface area contributed by atoms with E-state index in [2.05, 4.69) is 10.6 Å². The maximum Gasteiger partial charge on any atom is 0.243 e. The van der Waals surface area contributed by atoms with Gasteiger partial charge in [-0.25, -0.2) is 0 Å². The summed E-state index contributed by atoms with van der Waals surface area (Å²) >= 11 is 0. The molecular formula is C20H25N3O2. The summed E-state index contributed by atoms with van der Waals surface area (Å²) in [4.78, 5) is 24.4. The molecule has 0 saturated carbocycles. The number of carbonyl (C=O) groups excluding carboxylic acids is 2. The predicted molar refractivity (Wildman–Crippen MR) is 100 cm³/mol. The van der Waals surface area contributed by atoms with Crippen LogP contribution >= 0.6 is 0 Å². The molecule has 2 unspecified atom stereocenters. The van der Waals surface area contributed by atoms with Crippen molar-refractivity contribution in [1.82, 2.24) is 5.32 Å². The molecule has 5 nitrogen and oxygen atoms in total. The molecule has 4 N–H and O–H groups in total. The maximum atomic E-state index is 12.3. The number of para-hydroxylation sites is 1. The van der Waals surface area contributed by atoms with Crippen molar-refractivity contribution in [2.75, 3.05) is 11.9 Å². The van der Waals surface area contributed by atoms with Crippen LogP contribution in [0, 0.1) is 19.8 Å². The van der Waals surface area contributed by atoms with Gasteiger partial charge in [-0.05, 0) is 30.5 Å². The predicted octanol–water partition coefficient (Wildman–Crippen LogP) is 2.69. The van der Waals surface area contributed by atoms with Crippen LogP contribution in [-0.4, -0.2) is 18.4 Å². The second-order valence-electron chi connectivity index (χ2n) is 6.26. The molecule has 0 fully saturated rings. The molecule has 132 valence electrons. The minimum absolute atomic E-state index is 0.0849. The van der Waals surface area contributed by atoms with Crippen molar-refractivity contribution in [3.63, 3.8) is 0 Å². The first-order valence-electron chi connectivity index (χ1n) is 8.34. The molecule has 0 aliphatic carbocycles. The summed E-state index contributed by atoms with van der Waals surface area (Å²) < 4.78 is 0. The van der Waals surface area contributed by atoms with Crippen molar-refractivity contribution in [3.05, 3.63) is 65.2 Å². The Kier molecular flexibility index (Phi) is 6.31. The lowest BCUT2D eigenvalue weighted by atomic mass is 9.95. The van der Waals surface area contributed by atoms with Gasteiger partial charge in [0.25, 0.3) is 0 Å². The molecule has 2 aromatic carbocycles. The minimum Gasteiger partial charge on any atom is -0.347 e. The number of rotatable bonds is 6. The van der Waals surface area contributed by atoms with E-state index in [-0.39, 0.29) is 18.4 Å². The molecule has 0 saturated heterocycles. The number of aryl methyl sites for hydroxylation is 2. The van der Waals surface area contributed by atoms with Gasteiger partial charge in [-0.15, -0.1) is 0 Å². The topological polar surface area (TPSA) is 84.2 Å². The van der Waals surface area contributed by atoms with Gasteiger partial charge in [-0.1, -0.05) is 55.5 Å². The Bertz CT molecular complexity index is 724. The summed E-state index contributed by atoms with van der Waals surface area (Å²) in [5.41, 5.74) is 9.80. The molecule has 2 amide bonds. The monoisotopic (exact) mass is 339 g/mol. The fourth-order valence-electron chi connectivity index (χ4n) is 2.65. The van der Waals surface area contributed by atoms with Crippen molar-refractivity contribution in [2.24, 2.45) is 11.7 Å². The first-order chi connectivity index (χ1) is 11.9. The van der Waals surface area contributed by atoms with Gasteiger partial charge in [0.1, 0.15) is 0 Å². The van der Waals surface area contributed by atoms with Crippen LogP contribution in [0.25, 0.3) is 0 Å². The fourth-order valence-corrected chi connectivity index (χ4v) is 2.65. The number of nitrogens with one attached hydrogen (secondary N) is 2. The van der Waals surface area contributed by atoms with E-state index in [0.29, 0.717) is 0 Å². The summed E-state index contributed by atoms with van der Waals surface area (Å²) in [5, 5.41) is 5.51. The number of carbonyl (C=O) groups is 2. The SMILES string of the molecule is Cc1cccc(C)c1NC(=O)CNC(=O)C(C)C(N)c1ccccc1. The number of hydrogen-bond acceptors (Lipinski definition) is 3. The Morgan fingerprint density at radius 3 is 2.20 bits per heavy atom. The molecule has 2 rings (SSSR count). The molecule has 0 aliphatic heterocycles. The second-order valence-corrected chi connectivity index (χ2v) is 6.26. The Morgan fingerprint density at radius 1 is 1.00 bits per heavy atom. The van der Waals surface area contributed by atoms with Crippen molar-refractivity contribution >= 4 is 17.5 Å². The summed E-state index contributed by atoms with van der Waals surface area (Å²) in [6, 6.07) is 14.8. The molecule has 0 aliphatic rings. The molecule has 0 radical (unpaired) electrons. The highest BCUT2D eigenvalue weighted by molar-refractivity contribution is 5.96. The number of nitrogens with two attached hydrogens (primary N) is 1. The lowest BCUT2D eigenvalue weighted by Crippen LogP contribution is -2.39. The minimum atomic E-state index is -0.435. The first kappa shape index (κ1) is 18.7. The zero-order chi connectivity index (χ0) is 18.4. The Morgan fingerprint density at radius 2 is 1.60 bits per heavy atom. The highest BCUT2D eigenvalue weighted by Gasteiger charge is 2.22. The molecule has 0 bridgehead atoms. The van der Waals surface area contributed by atoms with Gasteiger partial charge in [0.2, 0.25) is 11.8 Å². The average molecular weight is 339 g/mol. The molecule has 2 atom stereocenters. The van der Waals surface area contributed by atoms with Gasteiger partial charge in [-0.3, -0.25) is 9.59 Å². The van der Waals surface area contributed by atoms with Gasteiger partial charge in [-0.2, -0.15) is 0 Å². The summed E-state index contributed by atoms with van der Waals surface area (Å²) in [5.74, 6) is -0.936. The molecule has 5 heteroatoms. The van der Waals surface area contributed by atoms with Crippen LogP contribution in [0.2, 0.25) is 0 Å². The number of anilines is 1. The molecule has 0 aromatic heterocycles. The molecule has 0 spiro atoms. The lowest BCUT2D eigenvalue weighted by Gasteiger charge is -2.20. The quantitative estimate of drug-likeness (QED) is 0.756. The fraction of sp³-hybridized carbons (Fsp3) is 0.300. The standard InChI is InChI=1S/C20H25N3O2/c1-13-8-7-9-14(2)19(13)23-17(24)12-22-20(25)15(3)18(21)16-10-5-4-6-11-16/h4-11,15,18H,12,21H2,1-3H3,(H,22,25)(H,23,24). The van der Waals surface area contributed by atoms with E-state index in [4.69, 9.17) is 5.73 Å². The normalized spacial score (nSPS) is 13.0. The van der Waals surface area contributed by atoms with E-state index in [1.165, 1.54) is 0 Å². The summed E-state index contributed by atoms with van der Waals surface area (Å²) in [6.45, 7) is 5.54.